The maximum atomic E-state index is 12.1. The zero-order valence-corrected chi connectivity index (χ0v) is 17.7. The molecule has 0 spiro atoms. The van der Waals surface area contributed by atoms with Crippen LogP contribution in [0.1, 0.15) is 24.0 Å². The molecule has 1 amide bonds. The monoisotopic (exact) mass is 411 g/mol. The number of benzene rings is 1. The van der Waals surface area contributed by atoms with Crippen molar-refractivity contribution in [1.82, 2.24) is 20.2 Å². The molecule has 1 aliphatic carbocycles. The van der Waals surface area contributed by atoms with Crippen LogP contribution >= 0.6 is 11.8 Å². The molecule has 2 aliphatic rings. The summed E-state index contributed by atoms with van der Waals surface area (Å²) in [7, 11) is 0. The number of amides is 1. The van der Waals surface area contributed by atoms with Crippen LogP contribution in [-0.2, 0) is 17.6 Å². The molecule has 29 heavy (non-hydrogen) atoms. The lowest BCUT2D eigenvalue weighted by Gasteiger charge is -2.34. The van der Waals surface area contributed by atoms with Crippen LogP contribution in [0, 0.1) is 0 Å². The summed E-state index contributed by atoms with van der Waals surface area (Å²) in [5.41, 5.74) is 2.95. The number of carbonyl (C=O) groups is 1. The van der Waals surface area contributed by atoms with Crippen LogP contribution in [0.5, 0.6) is 0 Å². The number of anilines is 1. The number of carbonyl (C=O) groups excluding carboxylic acids is 1. The molecule has 1 aliphatic heterocycles. The molecule has 1 N–H and O–H groups in total. The van der Waals surface area contributed by atoms with Crippen LogP contribution in [0.2, 0.25) is 0 Å². The summed E-state index contributed by atoms with van der Waals surface area (Å²) in [5.74, 6) is 1.44. The Morgan fingerprint density at radius 1 is 1.07 bits per heavy atom. The van der Waals surface area contributed by atoms with Gasteiger partial charge in [-0.15, -0.1) is 11.8 Å². The molecule has 154 valence electrons. The third kappa shape index (κ3) is 5.70. The van der Waals surface area contributed by atoms with Gasteiger partial charge in [-0.3, -0.25) is 9.69 Å². The number of piperazine rings is 1. The van der Waals surface area contributed by atoms with Crippen molar-refractivity contribution in [2.24, 2.45) is 0 Å². The van der Waals surface area contributed by atoms with Gasteiger partial charge < -0.3 is 10.2 Å². The molecule has 4 rings (SSSR count). The molecule has 0 unspecified atom stereocenters. The van der Waals surface area contributed by atoms with Gasteiger partial charge in [0.15, 0.2) is 0 Å². The molecule has 2 heterocycles. The van der Waals surface area contributed by atoms with Crippen molar-refractivity contribution in [2.75, 3.05) is 49.9 Å². The molecule has 1 aromatic carbocycles. The number of rotatable bonds is 8. The molecule has 1 fully saturated rings. The zero-order chi connectivity index (χ0) is 19.9. The predicted molar refractivity (Wildman–Crippen MR) is 118 cm³/mol. The van der Waals surface area contributed by atoms with E-state index in [-0.39, 0.29) is 5.91 Å². The predicted octanol–water partition coefficient (Wildman–Crippen LogP) is 2.39. The Balaban J connectivity index is 1.09. The summed E-state index contributed by atoms with van der Waals surface area (Å²) >= 11 is 1.64. The Morgan fingerprint density at radius 3 is 2.69 bits per heavy atom. The van der Waals surface area contributed by atoms with Crippen molar-refractivity contribution >= 4 is 23.6 Å². The SMILES string of the molecule is O=C(CSc1ccc2c(c1)CCC2)NCCCN1CCN(c2ncccn2)CC1. The first-order valence-electron chi connectivity index (χ1n) is 10.5. The van der Waals surface area contributed by atoms with Crippen molar-refractivity contribution in [1.29, 1.82) is 0 Å². The van der Waals surface area contributed by atoms with Crippen LogP contribution in [0.3, 0.4) is 0 Å². The van der Waals surface area contributed by atoms with E-state index in [4.69, 9.17) is 0 Å². The summed E-state index contributed by atoms with van der Waals surface area (Å²) in [6.07, 6.45) is 8.22. The second kappa shape index (κ2) is 10.1. The number of aromatic nitrogens is 2. The normalized spacial score (nSPS) is 16.6. The topological polar surface area (TPSA) is 61.4 Å². The van der Waals surface area contributed by atoms with Gasteiger partial charge in [0.1, 0.15) is 0 Å². The van der Waals surface area contributed by atoms with Crippen LogP contribution < -0.4 is 10.2 Å². The first-order valence-corrected chi connectivity index (χ1v) is 11.5. The summed E-state index contributed by atoms with van der Waals surface area (Å²) < 4.78 is 0. The average Bonchev–Trinajstić information content (AvgIpc) is 3.24. The van der Waals surface area contributed by atoms with Crippen LogP contribution in [0.15, 0.2) is 41.6 Å². The third-order valence-corrected chi connectivity index (χ3v) is 6.61. The van der Waals surface area contributed by atoms with Gasteiger partial charge in [0.25, 0.3) is 0 Å². The molecule has 0 saturated carbocycles. The summed E-state index contributed by atoms with van der Waals surface area (Å²) in [4.78, 5) is 26.7. The van der Waals surface area contributed by atoms with E-state index < -0.39 is 0 Å². The fourth-order valence-electron chi connectivity index (χ4n) is 3.99. The largest absolute Gasteiger partial charge is 0.355 e. The summed E-state index contributed by atoms with van der Waals surface area (Å²) in [6, 6.07) is 8.49. The molecule has 0 atom stereocenters. The summed E-state index contributed by atoms with van der Waals surface area (Å²) in [6.45, 7) is 5.69. The quantitative estimate of drug-likeness (QED) is 0.532. The number of thioether (sulfide) groups is 1. The minimum Gasteiger partial charge on any atom is -0.355 e. The van der Waals surface area contributed by atoms with Gasteiger partial charge in [0.05, 0.1) is 5.75 Å². The molecule has 0 radical (unpaired) electrons. The first-order chi connectivity index (χ1) is 14.3. The van der Waals surface area contributed by atoms with E-state index in [1.807, 2.05) is 6.07 Å². The molecular formula is C22H29N5OS. The molecular weight excluding hydrogens is 382 g/mol. The van der Waals surface area contributed by atoms with Crippen LogP contribution in [-0.4, -0.2) is 65.8 Å². The highest BCUT2D eigenvalue weighted by Gasteiger charge is 2.18. The molecule has 2 aromatic rings. The van der Waals surface area contributed by atoms with Gasteiger partial charge >= 0.3 is 0 Å². The third-order valence-electron chi connectivity index (χ3n) is 5.62. The van der Waals surface area contributed by atoms with E-state index in [1.54, 1.807) is 24.2 Å². The van der Waals surface area contributed by atoms with Crippen molar-refractivity contribution in [3.05, 3.63) is 47.8 Å². The van der Waals surface area contributed by atoms with Crippen LogP contribution in [0.4, 0.5) is 5.95 Å². The number of nitrogens with zero attached hydrogens (tertiary/aromatic N) is 4. The van der Waals surface area contributed by atoms with E-state index in [0.717, 1.165) is 51.6 Å². The van der Waals surface area contributed by atoms with Crippen molar-refractivity contribution in [3.8, 4) is 0 Å². The molecule has 7 heteroatoms. The Morgan fingerprint density at radius 2 is 1.86 bits per heavy atom. The maximum absolute atomic E-state index is 12.1. The van der Waals surface area contributed by atoms with Gasteiger partial charge in [0, 0.05) is 50.0 Å². The zero-order valence-electron chi connectivity index (χ0n) is 16.8. The van der Waals surface area contributed by atoms with Crippen molar-refractivity contribution < 1.29 is 4.79 Å². The van der Waals surface area contributed by atoms with E-state index in [9.17, 15) is 4.79 Å². The standard InChI is InChI=1S/C22H29N5OS/c28-21(17-29-20-7-6-18-4-1-5-19(18)16-20)23-10-3-11-26-12-14-27(15-13-26)22-24-8-2-9-25-22/h2,6-9,16H,1,3-5,10-15,17H2,(H,23,28). The van der Waals surface area contributed by atoms with Crippen molar-refractivity contribution in [3.63, 3.8) is 0 Å². The Labute approximate surface area is 177 Å². The number of fused-ring (bicyclic) bond motifs is 1. The maximum Gasteiger partial charge on any atom is 0.230 e. The highest BCUT2D eigenvalue weighted by Crippen LogP contribution is 2.27. The van der Waals surface area contributed by atoms with E-state index in [2.05, 4.69) is 43.3 Å². The highest BCUT2D eigenvalue weighted by molar-refractivity contribution is 8.00. The Hall–Kier alpha value is -2.12. The fraction of sp³-hybridized carbons (Fsp3) is 0.500. The molecule has 0 bridgehead atoms. The summed E-state index contributed by atoms with van der Waals surface area (Å²) in [5, 5.41) is 3.06. The second-order valence-corrected chi connectivity index (χ2v) is 8.70. The van der Waals surface area contributed by atoms with E-state index >= 15 is 0 Å². The van der Waals surface area contributed by atoms with Crippen molar-refractivity contribution in [2.45, 2.75) is 30.6 Å². The Kier molecular flexibility index (Phi) is 7.00. The molecule has 6 nitrogen and oxygen atoms in total. The average molecular weight is 412 g/mol. The van der Waals surface area contributed by atoms with Gasteiger partial charge in [-0.2, -0.15) is 0 Å². The number of aryl methyl sites for hydroxylation is 2. The van der Waals surface area contributed by atoms with E-state index in [1.165, 1.54) is 35.3 Å². The number of hydrogen-bond donors (Lipinski definition) is 1. The molecule has 1 saturated heterocycles. The first kappa shape index (κ1) is 20.2. The minimum atomic E-state index is 0.126. The number of hydrogen-bond acceptors (Lipinski definition) is 6. The van der Waals surface area contributed by atoms with Gasteiger partial charge in [-0.1, -0.05) is 6.07 Å². The van der Waals surface area contributed by atoms with Gasteiger partial charge in [-0.25, -0.2) is 9.97 Å². The highest BCUT2D eigenvalue weighted by atomic mass is 32.2. The Bertz CT molecular complexity index is 808. The van der Waals surface area contributed by atoms with Crippen LogP contribution in [0.25, 0.3) is 0 Å². The smallest absolute Gasteiger partial charge is 0.230 e. The second-order valence-electron chi connectivity index (χ2n) is 7.65. The molecule has 1 aromatic heterocycles. The van der Waals surface area contributed by atoms with Gasteiger partial charge in [0.2, 0.25) is 11.9 Å². The lowest BCUT2D eigenvalue weighted by molar-refractivity contribution is -0.118. The van der Waals surface area contributed by atoms with E-state index in [0.29, 0.717) is 5.75 Å². The lowest BCUT2D eigenvalue weighted by Crippen LogP contribution is -2.47. The minimum absolute atomic E-state index is 0.126. The van der Waals surface area contributed by atoms with Gasteiger partial charge in [-0.05, 0) is 61.6 Å². The number of nitrogens with one attached hydrogen (secondary N) is 1. The lowest BCUT2D eigenvalue weighted by atomic mass is 10.1. The fourth-order valence-corrected chi connectivity index (χ4v) is 4.78.